The van der Waals surface area contributed by atoms with E-state index in [-0.39, 0.29) is 37.3 Å². The summed E-state index contributed by atoms with van der Waals surface area (Å²) in [6.07, 6.45) is 4.02. The zero-order valence-corrected chi connectivity index (χ0v) is 13.8. The van der Waals surface area contributed by atoms with Crippen LogP contribution in [0.5, 0.6) is 0 Å². The van der Waals surface area contributed by atoms with Crippen LogP contribution in [0, 0.1) is 0 Å². The zero-order valence-electron chi connectivity index (χ0n) is 12.2. The van der Waals surface area contributed by atoms with E-state index in [1.807, 2.05) is 0 Å². The number of carbonyl (C=O) groups excluding carboxylic acids is 1. The van der Waals surface area contributed by atoms with Gasteiger partial charge in [0.2, 0.25) is 5.91 Å². The summed E-state index contributed by atoms with van der Waals surface area (Å²) >= 11 is 0. The lowest BCUT2D eigenvalue weighted by molar-refractivity contribution is -0.119. The van der Waals surface area contributed by atoms with E-state index in [1.165, 1.54) is 37.9 Å². The Morgan fingerprint density at radius 3 is 2.19 bits per heavy atom. The summed E-state index contributed by atoms with van der Waals surface area (Å²) in [5, 5.41) is 2.78. The van der Waals surface area contributed by atoms with Gasteiger partial charge in [0.15, 0.2) is 0 Å². The summed E-state index contributed by atoms with van der Waals surface area (Å²) in [5.41, 5.74) is 7.71. The average molecular weight is 334 g/mol. The van der Waals surface area contributed by atoms with Gasteiger partial charge in [0.1, 0.15) is 0 Å². The number of nitrogens with one attached hydrogen (secondary N) is 1. The first-order valence-electron chi connectivity index (χ1n) is 7.05. The monoisotopic (exact) mass is 333 g/mol. The van der Waals surface area contributed by atoms with Crippen LogP contribution < -0.4 is 11.1 Å². The quantitative estimate of drug-likeness (QED) is 0.867. The Bertz CT molecular complexity index is 406. The van der Waals surface area contributed by atoms with Crippen LogP contribution in [-0.4, -0.2) is 30.4 Å². The number of rotatable bonds is 5. The molecular weight excluding hydrogens is 309 g/mol. The highest BCUT2D eigenvalue weighted by molar-refractivity contribution is 5.85. The molecule has 3 N–H and O–H groups in total. The van der Waals surface area contributed by atoms with Crippen molar-refractivity contribution in [3.63, 3.8) is 0 Å². The minimum absolute atomic E-state index is 0. The molecule has 1 heterocycles. The Labute approximate surface area is 139 Å². The summed E-state index contributed by atoms with van der Waals surface area (Å²) in [6.45, 7) is 4.07. The molecule has 0 aromatic heterocycles. The molecule has 1 fully saturated rings. The number of halogens is 2. The van der Waals surface area contributed by atoms with Gasteiger partial charge in [-0.15, -0.1) is 24.8 Å². The number of amides is 1. The molecule has 1 aliphatic heterocycles. The van der Waals surface area contributed by atoms with E-state index in [2.05, 4.69) is 34.5 Å². The molecule has 0 bridgehead atoms. The van der Waals surface area contributed by atoms with Gasteiger partial charge in [-0.1, -0.05) is 30.7 Å². The summed E-state index contributed by atoms with van der Waals surface area (Å²) in [6, 6.07) is 8.46. The second kappa shape index (κ2) is 10.9. The van der Waals surface area contributed by atoms with Crippen molar-refractivity contribution in [2.75, 3.05) is 19.6 Å². The first kappa shape index (κ1) is 20.2. The van der Waals surface area contributed by atoms with Crippen molar-refractivity contribution in [1.82, 2.24) is 10.2 Å². The van der Waals surface area contributed by atoms with E-state index in [4.69, 9.17) is 5.73 Å². The normalized spacial score (nSPS) is 14.7. The van der Waals surface area contributed by atoms with Crippen LogP contribution in [0.15, 0.2) is 24.3 Å². The van der Waals surface area contributed by atoms with Crippen molar-refractivity contribution in [2.24, 2.45) is 5.73 Å². The number of hydrogen-bond donors (Lipinski definition) is 2. The first-order valence-corrected chi connectivity index (χ1v) is 7.05. The number of likely N-dealkylation sites (tertiary alicyclic amines) is 1. The lowest BCUT2D eigenvalue weighted by Gasteiger charge is -2.26. The molecule has 0 spiro atoms. The second-order valence-corrected chi connectivity index (χ2v) is 5.13. The van der Waals surface area contributed by atoms with Crippen molar-refractivity contribution < 1.29 is 4.79 Å². The molecule has 21 heavy (non-hydrogen) atoms. The van der Waals surface area contributed by atoms with Crippen LogP contribution in [0.25, 0.3) is 0 Å². The molecule has 1 aromatic rings. The molecular formula is C15H25Cl2N3O. The molecule has 6 heteroatoms. The van der Waals surface area contributed by atoms with Crippen LogP contribution in [0.2, 0.25) is 0 Å². The number of hydrogen-bond acceptors (Lipinski definition) is 3. The summed E-state index contributed by atoms with van der Waals surface area (Å²) in [4.78, 5) is 13.6. The fourth-order valence-corrected chi connectivity index (χ4v) is 2.41. The van der Waals surface area contributed by atoms with E-state index < -0.39 is 0 Å². The lowest BCUT2D eigenvalue weighted by Crippen LogP contribution is -2.30. The molecule has 120 valence electrons. The first-order chi connectivity index (χ1) is 9.28. The van der Waals surface area contributed by atoms with Crippen molar-refractivity contribution in [3.05, 3.63) is 35.4 Å². The fourth-order valence-electron chi connectivity index (χ4n) is 2.41. The van der Waals surface area contributed by atoms with Crippen LogP contribution in [0.1, 0.15) is 30.4 Å². The van der Waals surface area contributed by atoms with E-state index in [9.17, 15) is 4.79 Å². The molecule has 1 aliphatic rings. The van der Waals surface area contributed by atoms with Gasteiger partial charge in [-0.25, -0.2) is 0 Å². The van der Waals surface area contributed by atoms with Gasteiger partial charge in [-0.2, -0.15) is 0 Å². The average Bonchev–Trinajstić information content (AvgIpc) is 2.47. The van der Waals surface area contributed by atoms with Gasteiger partial charge in [-0.05, 0) is 37.1 Å². The Balaban J connectivity index is 0.00000200. The Hall–Kier alpha value is -0.810. The van der Waals surface area contributed by atoms with Crippen LogP contribution in [0.4, 0.5) is 0 Å². The predicted molar refractivity (Wildman–Crippen MR) is 91.0 cm³/mol. The highest BCUT2D eigenvalue weighted by atomic mass is 35.5. The predicted octanol–water partition coefficient (Wildman–Crippen LogP) is 2.09. The largest absolute Gasteiger partial charge is 0.351 e. The lowest BCUT2D eigenvalue weighted by atomic mass is 10.1. The number of nitrogens with two attached hydrogens (primary N) is 1. The van der Waals surface area contributed by atoms with E-state index >= 15 is 0 Å². The summed E-state index contributed by atoms with van der Waals surface area (Å²) < 4.78 is 0. The third-order valence-corrected chi connectivity index (χ3v) is 3.55. The van der Waals surface area contributed by atoms with Crippen molar-refractivity contribution >= 4 is 30.7 Å². The molecule has 0 aliphatic carbocycles. The second-order valence-electron chi connectivity index (χ2n) is 5.13. The zero-order chi connectivity index (χ0) is 13.5. The Kier molecular flexibility index (Phi) is 10.4. The summed E-state index contributed by atoms with van der Waals surface area (Å²) in [5.74, 6) is -0.114. The molecule has 1 aromatic carbocycles. The van der Waals surface area contributed by atoms with Crippen molar-refractivity contribution in [3.8, 4) is 0 Å². The smallest absolute Gasteiger partial charge is 0.234 e. The van der Waals surface area contributed by atoms with Crippen molar-refractivity contribution in [2.45, 2.75) is 32.4 Å². The maximum Gasteiger partial charge on any atom is 0.234 e. The number of piperidine rings is 1. The molecule has 1 saturated heterocycles. The number of nitrogens with zero attached hydrogens (tertiary/aromatic N) is 1. The maximum atomic E-state index is 11.1. The van der Waals surface area contributed by atoms with E-state index in [0.29, 0.717) is 6.54 Å². The molecule has 2 rings (SSSR count). The van der Waals surface area contributed by atoms with Gasteiger partial charge in [0.05, 0.1) is 6.54 Å². The van der Waals surface area contributed by atoms with Gasteiger partial charge < -0.3 is 11.1 Å². The van der Waals surface area contributed by atoms with Gasteiger partial charge in [0.25, 0.3) is 0 Å². The summed E-state index contributed by atoms with van der Waals surface area (Å²) in [7, 11) is 0. The van der Waals surface area contributed by atoms with Gasteiger partial charge >= 0.3 is 0 Å². The molecule has 0 radical (unpaired) electrons. The molecule has 0 atom stereocenters. The van der Waals surface area contributed by atoms with Crippen LogP contribution in [0.3, 0.4) is 0 Å². The Morgan fingerprint density at radius 2 is 1.62 bits per heavy atom. The van der Waals surface area contributed by atoms with Gasteiger partial charge in [0, 0.05) is 13.1 Å². The highest BCUT2D eigenvalue weighted by Gasteiger charge is 2.10. The van der Waals surface area contributed by atoms with E-state index in [0.717, 1.165) is 12.1 Å². The molecule has 0 saturated carbocycles. The Morgan fingerprint density at radius 1 is 1.05 bits per heavy atom. The van der Waals surface area contributed by atoms with Crippen molar-refractivity contribution in [1.29, 1.82) is 0 Å². The third-order valence-electron chi connectivity index (χ3n) is 3.55. The minimum atomic E-state index is -0.114. The van der Waals surface area contributed by atoms with E-state index in [1.54, 1.807) is 0 Å². The molecule has 1 amide bonds. The minimum Gasteiger partial charge on any atom is -0.351 e. The number of benzene rings is 1. The standard InChI is InChI=1S/C15H23N3O.2ClH/c16-10-15(19)17-11-13-4-6-14(7-5-13)12-18-8-2-1-3-9-18;;/h4-7H,1-3,8-12,16H2,(H,17,19);2*1H. The topological polar surface area (TPSA) is 58.4 Å². The maximum absolute atomic E-state index is 11.1. The van der Waals surface area contributed by atoms with Gasteiger partial charge in [-0.3, -0.25) is 9.69 Å². The van der Waals surface area contributed by atoms with Crippen LogP contribution in [-0.2, 0) is 17.9 Å². The number of carbonyl (C=O) groups is 1. The third kappa shape index (κ3) is 7.14. The fraction of sp³-hybridized carbons (Fsp3) is 0.533. The van der Waals surface area contributed by atoms with Crippen LogP contribution >= 0.6 is 24.8 Å². The molecule has 0 unspecified atom stereocenters. The SMILES string of the molecule is Cl.Cl.NCC(=O)NCc1ccc(CN2CCCCC2)cc1. The highest BCUT2D eigenvalue weighted by Crippen LogP contribution is 2.13. The molecule has 4 nitrogen and oxygen atoms in total.